The molecule has 4 rings (SSSR count). The van der Waals surface area contributed by atoms with E-state index < -0.39 is 11.8 Å². The highest BCUT2D eigenvalue weighted by Gasteiger charge is 2.17. The molecule has 1 radical (unpaired) electrons. The van der Waals surface area contributed by atoms with Crippen LogP contribution in [0.25, 0.3) is 21.8 Å². The number of unbranched alkanes of at least 4 members (excludes halogenated alkanes) is 1. The topological polar surface area (TPSA) is 91.1 Å². The number of aromatic nitrogens is 1. The van der Waals surface area contributed by atoms with Crippen LogP contribution in [0.3, 0.4) is 0 Å². The highest BCUT2D eigenvalue weighted by atomic mass is 16.1. The van der Waals surface area contributed by atoms with Gasteiger partial charge in [0.25, 0.3) is 0 Å². The third-order valence-corrected chi connectivity index (χ3v) is 5.49. The van der Waals surface area contributed by atoms with Crippen LogP contribution in [0.15, 0.2) is 54.6 Å². The maximum atomic E-state index is 12.1. The van der Waals surface area contributed by atoms with E-state index in [4.69, 9.17) is 11.5 Å². The van der Waals surface area contributed by atoms with Crippen molar-refractivity contribution in [3.8, 4) is 0 Å². The highest BCUT2D eigenvalue weighted by Crippen LogP contribution is 2.33. The number of primary amides is 2. The van der Waals surface area contributed by atoms with Crippen LogP contribution in [0.4, 0.5) is 0 Å². The number of hydrogen-bond acceptors (Lipinski definition) is 2. The summed E-state index contributed by atoms with van der Waals surface area (Å²) < 4.78 is 2.16. The molecular weight excluding hydrogens is 374 g/mol. The summed E-state index contributed by atoms with van der Waals surface area (Å²) in [6.45, 7) is 2.71. The molecule has 0 bridgehead atoms. The molecular formula is C25H24N3O2. The predicted molar refractivity (Wildman–Crippen MR) is 119 cm³/mol. The fourth-order valence-electron chi connectivity index (χ4n) is 4.01. The molecule has 0 atom stereocenters. The quantitative estimate of drug-likeness (QED) is 0.489. The zero-order chi connectivity index (χ0) is 21.3. The minimum absolute atomic E-state index is 0.453. The summed E-state index contributed by atoms with van der Waals surface area (Å²) in [7, 11) is 0. The lowest BCUT2D eigenvalue weighted by Crippen LogP contribution is -2.12. The third-order valence-electron chi connectivity index (χ3n) is 5.49. The summed E-state index contributed by atoms with van der Waals surface area (Å²) in [4.78, 5) is 23.7. The molecule has 5 heteroatoms. The van der Waals surface area contributed by atoms with Crippen molar-refractivity contribution in [1.29, 1.82) is 0 Å². The van der Waals surface area contributed by atoms with Gasteiger partial charge in [-0.2, -0.15) is 0 Å². The minimum Gasteiger partial charge on any atom is -0.366 e. The van der Waals surface area contributed by atoms with Crippen molar-refractivity contribution in [3.63, 3.8) is 0 Å². The number of aryl methyl sites for hydroxylation is 1. The first-order valence-corrected chi connectivity index (χ1v) is 10.1. The van der Waals surface area contributed by atoms with E-state index in [-0.39, 0.29) is 0 Å². The average molecular weight is 398 g/mol. The SMILES string of the molecule is CCCCc1c[c]c2c3c(C(N)=O)cccc3n(Cc3cccc(C(N)=O)c3)c2c1. The zero-order valence-electron chi connectivity index (χ0n) is 16.9. The Morgan fingerprint density at radius 3 is 2.50 bits per heavy atom. The Hall–Kier alpha value is -3.60. The van der Waals surface area contributed by atoms with Crippen molar-refractivity contribution < 1.29 is 9.59 Å². The number of carbonyl (C=O) groups excluding carboxylic acids is 2. The third kappa shape index (κ3) is 3.54. The first kappa shape index (κ1) is 19.7. The Bertz CT molecular complexity index is 1270. The molecule has 4 N–H and O–H groups in total. The van der Waals surface area contributed by atoms with E-state index in [1.165, 1.54) is 5.56 Å². The Balaban J connectivity index is 1.95. The fraction of sp³-hybridized carbons (Fsp3) is 0.200. The van der Waals surface area contributed by atoms with Crippen molar-refractivity contribution in [1.82, 2.24) is 4.57 Å². The van der Waals surface area contributed by atoms with E-state index in [0.717, 1.165) is 46.6 Å². The molecule has 0 aliphatic heterocycles. The molecule has 3 aromatic carbocycles. The van der Waals surface area contributed by atoms with Crippen molar-refractivity contribution in [3.05, 3.63) is 82.9 Å². The average Bonchev–Trinajstić information content (AvgIpc) is 3.05. The van der Waals surface area contributed by atoms with Crippen LogP contribution in [0.2, 0.25) is 0 Å². The molecule has 2 amide bonds. The van der Waals surface area contributed by atoms with E-state index in [1.807, 2.05) is 36.4 Å². The number of carbonyl (C=O) groups is 2. The number of nitrogens with zero attached hydrogens (tertiary/aromatic N) is 1. The van der Waals surface area contributed by atoms with Crippen LogP contribution in [0, 0.1) is 6.07 Å². The number of benzene rings is 3. The van der Waals surface area contributed by atoms with Crippen LogP contribution in [-0.4, -0.2) is 16.4 Å². The highest BCUT2D eigenvalue weighted by molar-refractivity contribution is 6.17. The Morgan fingerprint density at radius 2 is 1.77 bits per heavy atom. The molecule has 0 unspecified atom stereocenters. The van der Waals surface area contributed by atoms with Crippen LogP contribution in [0.1, 0.15) is 51.6 Å². The summed E-state index contributed by atoms with van der Waals surface area (Å²) in [5.41, 5.74) is 16.2. The van der Waals surface area contributed by atoms with Crippen LogP contribution < -0.4 is 11.5 Å². The van der Waals surface area contributed by atoms with Gasteiger partial charge in [-0.1, -0.05) is 37.6 Å². The Morgan fingerprint density at radius 1 is 0.967 bits per heavy atom. The molecule has 4 aromatic rings. The zero-order valence-corrected chi connectivity index (χ0v) is 16.9. The van der Waals surface area contributed by atoms with E-state index in [2.05, 4.69) is 23.6 Å². The van der Waals surface area contributed by atoms with Gasteiger partial charge in [-0.15, -0.1) is 0 Å². The van der Waals surface area contributed by atoms with Crippen LogP contribution in [0.5, 0.6) is 0 Å². The van der Waals surface area contributed by atoms with Gasteiger partial charge in [-0.3, -0.25) is 9.59 Å². The van der Waals surface area contributed by atoms with Gasteiger partial charge in [-0.05, 0) is 60.4 Å². The number of rotatable bonds is 7. The van der Waals surface area contributed by atoms with E-state index in [9.17, 15) is 9.59 Å². The van der Waals surface area contributed by atoms with E-state index in [1.54, 1.807) is 12.1 Å². The molecule has 0 aliphatic carbocycles. The second kappa shape index (κ2) is 8.03. The van der Waals surface area contributed by atoms with Crippen molar-refractivity contribution in [2.45, 2.75) is 32.7 Å². The summed E-state index contributed by atoms with van der Waals surface area (Å²) in [5, 5.41) is 1.69. The number of hydrogen-bond donors (Lipinski definition) is 2. The Labute approximate surface area is 175 Å². The molecule has 0 saturated carbocycles. The molecule has 0 saturated heterocycles. The number of amides is 2. The molecule has 0 aliphatic rings. The second-order valence-electron chi connectivity index (χ2n) is 7.59. The largest absolute Gasteiger partial charge is 0.366 e. The molecule has 1 aromatic heterocycles. The van der Waals surface area contributed by atoms with E-state index >= 15 is 0 Å². The van der Waals surface area contributed by atoms with Crippen LogP contribution >= 0.6 is 0 Å². The summed E-state index contributed by atoms with van der Waals surface area (Å²) in [5.74, 6) is -0.913. The van der Waals surface area contributed by atoms with Gasteiger partial charge < -0.3 is 16.0 Å². The molecule has 1 heterocycles. The van der Waals surface area contributed by atoms with Crippen molar-refractivity contribution in [2.75, 3.05) is 0 Å². The first-order valence-electron chi connectivity index (χ1n) is 10.1. The summed E-state index contributed by atoms with van der Waals surface area (Å²) in [6, 6.07) is 20.5. The maximum absolute atomic E-state index is 12.1. The number of nitrogens with two attached hydrogens (primary N) is 2. The first-order chi connectivity index (χ1) is 14.5. The second-order valence-corrected chi connectivity index (χ2v) is 7.59. The van der Waals surface area contributed by atoms with Gasteiger partial charge in [0, 0.05) is 28.4 Å². The summed E-state index contributed by atoms with van der Waals surface area (Å²) in [6.07, 6.45) is 3.20. The maximum Gasteiger partial charge on any atom is 0.249 e. The van der Waals surface area contributed by atoms with Crippen molar-refractivity contribution >= 4 is 33.6 Å². The van der Waals surface area contributed by atoms with Gasteiger partial charge in [0.1, 0.15) is 0 Å². The lowest BCUT2D eigenvalue weighted by Gasteiger charge is -2.10. The van der Waals surface area contributed by atoms with Gasteiger partial charge >= 0.3 is 0 Å². The standard InChI is InChI=1S/C25H24N3O2/c1-2-3-6-16-11-12-19-22(14-16)28(15-17-7-4-8-18(13-17)24(26)29)21-10-5-9-20(23(19)21)25(27)30/h4-5,7-11,13-14H,2-3,6,15H2,1H3,(H2,26,29)(H2,27,30). The lowest BCUT2D eigenvalue weighted by molar-refractivity contribution is 0.0992. The number of fused-ring (bicyclic) bond motifs is 3. The molecule has 0 spiro atoms. The molecule has 5 nitrogen and oxygen atoms in total. The molecule has 30 heavy (non-hydrogen) atoms. The minimum atomic E-state index is -0.459. The monoisotopic (exact) mass is 398 g/mol. The van der Waals surface area contributed by atoms with Crippen LogP contribution in [-0.2, 0) is 13.0 Å². The van der Waals surface area contributed by atoms with E-state index in [0.29, 0.717) is 17.7 Å². The molecule has 151 valence electrons. The summed E-state index contributed by atoms with van der Waals surface area (Å²) >= 11 is 0. The predicted octanol–water partition coefficient (Wildman–Crippen LogP) is 4.18. The Kier molecular flexibility index (Phi) is 5.27. The fourth-order valence-corrected chi connectivity index (χ4v) is 4.01. The van der Waals surface area contributed by atoms with Gasteiger partial charge in [0.2, 0.25) is 11.8 Å². The van der Waals surface area contributed by atoms with Gasteiger partial charge in [0.15, 0.2) is 0 Å². The normalized spacial score (nSPS) is 11.2. The van der Waals surface area contributed by atoms with Crippen molar-refractivity contribution in [2.24, 2.45) is 11.5 Å². The lowest BCUT2D eigenvalue weighted by atomic mass is 10.0. The van der Waals surface area contributed by atoms with Gasteiger partial charge in [-0.25, -0.2) is 0 Å². The smallest absolute Gasteiger partial charge is 0.249 e. The molecule has 0 fully saturated rings. The van der Waals surface area contributed by atoms with Gasteiger partial charge in [0.05, 0.1) is 11.0 Å².